The van der Waals surface area contributed by atoms with Crippen LogP contribution in [0.4, 0.5) is 4.79 Å². The Hall–Kier alpha value is -1.26. The average Bonchev–Trinajstić information content (AvgIpc) is 2.50. The van der Waals surface area contributed by atoms with Crippen LogP contribution in [-0.4, -0.2) is 40.8 Å². The van der Waals surface area contributed by atoms with Crippen molar-refractivity contribution in [2.24, 2.45) is 5.92 Å². The quantitative estimate of drug-likeness (QED) is 0.819. The minimum atomic E-state index is -0.737. The Balaban J connectivity index is 1.97. The van der Waals surface area contributed by atoms with Crippen LogP contribution >= 0.6 is 0 Å². The van der Waals surface area contributed by atoms with Gasteiger partial charge in [0.25, 0.3) is 0 Å². The normalized spacial score (nSPS) is 31.4. The third-order valence-corrected chi connectivity index (χ3v) is 3.77. The molecule has 1 amide bonds. The van der Waals surface area contributed by atoms with Crippen molar-refractivity contribution in [3.05, 3.63) is 0 Å². The van der Waals surface area contributed by atoms with E-state index in [1.165, 1.54) is 0 Å². The van der Waals surface area contributed by atoms with Gasteiger partial charge in [0.2, 0.25) is 0 Å². The molecule has 0 aliphatic carbocycles. The number of carboxylic acid groups (broad SMARTS) is 1. The summed E-state index contributed by atoms with van der Waals surface area (Å²) in [5, 5.41) is 8.81. The van der Waals surface area contributed by atoms with Crippen LogP contribution in [0.15, 0.2) is 0 Å². The van der Waals surface area contributed by atoms with Crippen LogP contribution < -0.4 is 0 Å². The van der Waals surface area contributed by atoms with Crippen LogP contribution in [0.1, 0.15) is 39.0 Å². The molecule has 2 rings (SSSR count). The molecule has 0 spiro atoms. The van der Waals surface area contributed by atoms with Crippen LogP contribution in [0.2, 0.25) is 0 Å². The first-order valence-corrected chi connectivity index (χ1v) is 6.28. The number of amides is 1. The van der Waals surface area contributed by atoms with E-state index in [1.807, 2.05) is 4.90 Å². The molecule has 2 fully saturated rings. The van der Waals surface area contributed by atoms with E-state index < -0.39 is 5.97 Å². The summed E-state index contributed by atoms with van der Waals surface area (Å²) in [4.78, 5) is 24.3. The number of nitrogens with zero attached hydrogens (tertiary/aromatic N) is 1. The zero-order chi connectivity index (χ0) is 12.4. The number of carbonyl (C=O) groups excluding carboxylic acids is 1. The van der Waals surface area contributed by atoms with Gasteiger partial charge in [-0.15, -0.1) is 0 Å². The first-order valence-electron chi connectivity index (χ1n) is 6.28. The van der Waals surface area contributed by atoms with Crippen LogP contribution in [0.3, 0.4) is 0 Å². The van der Waals surface area contributed by atoms with Crippen molar-refractivity contribution in [1.29, 1.82) is 0 Å². The van der Waals surface area contributed by atoms with Gasteiger partial charge < -0.3 is 14.7 Å². The first-order chi connectivity index (χ1) is 8.11. The number of carbonyl (C=O) groups is 2. The Bertz CT molecular complexity index is 304. The summed E-state index contributed by atoms with van der Waals surface area (Å²) in [7, 11) is 0. The third-order valence-electron chi connectivity index (χ3n) is 3.77. The maximum absolute atomic E-state index is 11.8. The van der Waals surface area contributed by atoms with Crippen LogP contribution in [0, 0.1) is 5.92 Å². The Morgan fingerprint density at radius 2 is 1.88 bits per heavy atom. The molecule has 0 aromatic carbocycles. The van der Waals surface area contributed by atoms with E-state index in [-0.39, 0.29) is 30.5 Å². The number of hydrogen-bond acceptors (Lipinski definition) is 3. The lowest BCUT2D eigenvalue weighted by atomic mass is 9.88. The molecule has 0 radical (unpaired) electrons. The van der Waals surface area contributed by atoms with E-state index in [1.54, 1.807) is 6.92 Å². The molecular weight excluding hydrogens is 222 g/mol. The number of aliphatic carboxylic acids is 1. The molecule has 0 aromatic rings. The van der Waals surface area contributed by atoms with Crippen molar-refractivity contribution in [2.45, 2.75) is 51.1 Å². The maximum Gasteiger partial charge on any atom is 0.410 e. The minimum Gasteiger partial charge on any atom is -0.481 e. The molecule has 2 saturated heterocycles. The molecule has 2 atom stereocenters. The highest BCUT2D eigenvalue weighted by molar-refractivity contribution is 5.69. The van der Waals surface area contributed by atoms with Gasteiger partial charge in [0.15, 0.2) is 0 Å². The molecule has 2 aliphatic rings. The van der Waals surface area contributed by atoms with Crippen LogP contribution in [0.25, 0.3) is 0 Å². The summed E-state index contributed by atoms with van der Waals surface area (Å²) in [5.41, 5.74) is 0. The first kappa shape index (κ1) is 12.2. The van der Waals surface area contributed by atoms with E-state index >= 15 is 0 Å². The molecule has 96 valence electrons. The number of fused-ring (bicyclic) bond motifs is 2. The Morgan fingerprint density at radius 3 is 2.35 bits per heavy atom. The molecule has 0 aromatic heterocycles. The summed E-state index contributed by atoms with van der Waals surface area (Å²) >= 11 is 0. The Labute approximate surface area is 101 Å². The van der Waals surface area contributed by atoms with Gasteiger partial charge in [-0.25, -0.2) is 4.79 Å². The third kappa shape index (κ3) is 2.53. The summed E-state index contributed by atoms with van der Waals surface area (Å²) in [6, 6.07) is 0.384. The highest BCUT2D eigenvalue weighted by atomic mass is 16.6. The smallest absolute Gasteiger partial charge is 0.410 e. The topological polar surface area (TPSA) is 66.8 Å². The second-order valence-corrected chi connectivity index (χ2v) is 4.93. The van der Waals surface area contributed by atoms with Gasteiger partial charge in [-0.1, -0.05) is 0 Å². The van der Waals surface area contributed by atoms with Gasteiger partial charge in [-0.3, -0.25) is 4.79 Å². The lowest BCUT2D eigenvalue weighted by Gasteiger charge is -2.37. The lowest BCUT2D eigenvalue weighted by Crippen LogP contribution is -2.47. The van der Waals surface area contributed by atoms with E-state index in [2.05, 4.69) is 0 Å². The summed E-state index contributed by atoms with van der Waals surface area (Å²) < 4.78 is 5.05. The molecule has 2 bridgehead atoms. The van der Waals surface area contributed by atoms with Crippen LogP contribution in [-0.2, 0) is 9.53 Å². The van der Waals surface area contributed by atoms with E-state index in [4.69, 9.17) is 9.84 Å². The molecule has 1 N–H and O–H groups in total. The predicted molar refractivity (Wildman–Crippen MR) is 60.6 cm³/mol. The molecule has 17 heavy (non-hydrogen) atoms. The summed E-state index contributed by atoms with van der Waals surface area (Å²) in [6.45, 7) is 2.20. The van der Waals surface area contributed by atoms with Crippen LogP contribution in [0.5, 0.6) is 0 Å². The number of carboxylic acids is 1. The number of rotatable bonds is 3. The Morgan fingerprint density at radius 1 is 1.29 bits per heavy atom. The maximum atomic E-state index is 11.8. The highest BCUT2D eigenvalue weighted by Gasteiger charge is 2.44. The van der Waals surface area contributed by atoms with Gasteiger partial charge in [-0.05, 0) is 38.5 Å². The van der Waals surface area contributed by atoms with Crippen molar-refractivity contribution in [3.63, 3.8) is 0 Å². The zero-order valence-corrected chi connectivity index (χ0v) is 10.1. The van der Waals surface area contributed by atoms with Gasteiger partial charge in [0, 0.05) is 18.5 Å². The fourth-order valence-corrected chi connectivity index (χ4v) is 3.20. The standard InChI is InChI=1S/C12H19NO4/c1-2-17-12(16)13-9-3-4-10(13)6-8(5-9)7-11(14)15/h8-10H,2-7H2,1H3,(H,14,15). The summed E-state index contributed by atoms with van der Waals surface area (Å²) in [6.07, 6.45) is 3.58. The lowest BCUT2D eigenvalue weighted by molar-refractivity contribution is -0.138. The molecule has 2 aliphatic heterocycles. The molecule has 5 nitrogen and oxygen atoms in total. The molecule has 2 heterocycles. The molecule has 5 heteroatoms. The van der Waals surface area contributed by atoms with Crippen molar-refractivity contribution in [2.75, 3.05) is 6.61 Å². The molecule has 0 saturated carbocycles. The van der Waals surface area contributed by atoms with Crippen molar-refractivity contribution in [3.8, 4) is 0 Å². The zero-order valence-electron chi connectivity index (χ0n) is 10.1. The fraction of sp³-hybridized carbons (Fsp3) is 0.833. The van der Waals surface area contributed by atoms with Gasteiger partial charge in [0.1, 0.15) is 0 Å². The Kier molecular flexibility index (Phi) is 3.54. The molecule has 2 unspecified atom stereocenters. The number of ether oxygens (including phenoxy) is 1. The van der Waals surface area contributed by atoms with Crippen molar-refractivity contribution in [1.82, 2.24) is 4.90 Å². The minimum absolute atomic E-state index is 0.192. The monoisotopic (exact) mass is 241 g/mol. The van der Waals surface area contributed by atoms with Gasteiger partial charge in [0.05, 0.1) is 6.61 Å². The van der Waals surface area contributed by atoms with Crippen molar-refractivity contribution >= 4 is 12.1 Å². The second-order valence-electron chi connectivity index (χ2n) is 4.93. The van der Waals surface area contributed by atoms with E-state index in [9.17, 15) is 9.59 Å². The summed E-state index contributed by atoms with van der Waals surface area (Å²) in [5.74, 6) is -0.519. The fourth-order valence-electron chi connectivity index (χ4n) is 3.20. The highest BCUT2D eigenvalue weighted by Crippen LogP contribution is 2.40. The number of hydrogen-bond donors (Lipinski definition) is 1. The predicted octanol–water partition coefficient (Wildman–Crippen LogP) is 1.86. The van der Waals surface area contributed by atoms with Gasteiger partial charge >= 0.3 is 12.1 Å². The number of piperidine rings is 1. The largest absolute Gasteiger partial charge is 0.481 e. The average molecular weight is 241 g/mol. The SMILES string of the molecule is CCOC(=O)N1C2CCC1CC(CC(=O)O)C2. The second kappa shape index (κ2) is 4.94. The van der Waals surface area contributed by atoms with Crippen molar-refractivity contribution < 1.29 is 19.4 Å². The van der Waals surface area contributed by atoms with E-state index in [0.29, 0.717) is 6.61 Å². The van der Waals surface area contributed by atoms with E-state index in [0.717, 1.165) is 25.7 Å². The molecular formula is C12H19NO4. The van der Waals surface area contributed by atoms with Gasteiger partial charge in [-0.2, -0.15) is 0 Å².